The van der Waals surface area contributed by atoms with Crippen LogP contribution in [-0.4, -0.2) is 46.8 Å². The van der Waals surface area contributed by atoms with Crippen molar-refractivity contribution in [2.45, 2.75) is 82.5 Å². The lowest BCUT2D eigenvalue weighted by atomic mass is 9.93. The van der Waals surface area contributed by atoms with Gasteiger partial charge in [-0.25, -0.2) is 0 Å². The molecule has 2 atom stereocenters. The Morgan fingerprint density at radius 1 is 1.21 bits per heavy atom. The fourth-order valence-corrected chi connectivity index (χ4v) is 3.35. The van der Waals surface area contributed by atoms with Crippen LogP contribution in [0, 0.1) is 5.92 Å². The first-order chi connectivity index (χ1) is 9.09. The van der Waals surface area contributed by atoms with Crippen LogP contribution in [0.1, 0.15) is 58.8 Å². The number of nitrogens with zero attached hydrogens (tertiary/aromatic N) is 1. The van der Waals surface area contributed by atoms with E-state index in [4.69, 9.17) is 0 Å². The summed E-state index contributed by atoms with van der Waals surface area (Å²) in [5.41, 5.74) is -0.0860. The normalized spacial score (nSPS) is 28.4. The Bertz CT molecular complexity index is 310. The molecule has 0 radical (unpaired) electrons. The third-order valence-corrected chi connectivity index (χ3v) is 4.97. The quantitative estimate of drug-likeness (QED) is 0.671. The highest BCUT2D eigenvalue weighted by molar-refractivity contribution is 4.97. The first-order valence-electron chi connectivity index (χ1n) is 8.24. The molecule has 3 fully saturated rings. The maximum absolute atomic E-state index is 9.76. The summed E-state index contributed by atoms with van der Waals surface area (Å²) >= 11 is 0. The molecule has 3 heteroatoms. The van der Waals surface area contributed by atoms with E-state index in [1.54, 1.807) is 0 Å². The van der Waals surface area contributed by atoms with Gasteiger partial charge < -0.3 is 10.4 Å². The molecular formula is C16H30N2O. The Balaban J connectivity index is 1.55. The summed E-state index contributed by atoms with van der Waals surface area (Å²) in [6.07, 6.45) is 9.31. The van der Waals surface area contributed by atoms with E-state index in [2.05, 4.69) is 24.1 Å². The maximum atomic E-state index is 9.76. The van der Waals surface area contributed by atoms with Crippen LogP contribution in [0.25, 0.3) is 0 Å². The van der Waals surface area contributed by atoms with Gasteiger partial charge in [0.2, 0.25) is 0 Å². The fraction of sp³-hybridized carbons (Fsp3) is 1.00. The zero-order valence-electron chi connectivity index (χ0n) is 12.6. The highest BCUT2D eigenvalue weighted by atomic mass is 16.3. The van der Waals surface area contributed by atoms with Crippen molar-refractivity contribution in [1.82, 2.24) is 10.2 Å². The number of hydrogen-bond acceptors (Lipinski definition) is 3. The van der Waals surface area contributed by atoms with Crippen molar-refractivity contribution in [2.24, 2.45) is 5.92 Å². The topological polar surface area (TPSA) is 35.5 Å². The van der Waals surface area contributed by atoms with Gasteiger partial charge in [-0.15, -0.1) is 0 Å². The van der Waals surface area contributed by atoms with E-state index in [0.29, 0.717) is 12.1 Å². The number of aliphatic hydroxyl groups is 1. The number of aliphatic hydroxyl groups excluding tert-OH is 1. The van der Waals surface area contributed by atoms with E-state index in [-0.39, 0.29) is 12.1 Å². The summed E-state index contributed by atoms with van der Waals surface area (Å²) in [5, 5.41) is 13.4. The summed E-state index contributed by atoms with van der Waals surface area (Å²) in [4.78, 5) is 2.74. The molecule has 0 bridgehead atoms. The van der Waals surface area contributed by atoms with Crippen LogP contribution in [0.3, 0.4) is 0 Å². The van der Waals surface area contributed by atoms with Crippen molar-refractivity contribution >= 4 is 0 Å². The van der Waals surface area contributed by atoms with Crippen molar-refractivity contribution in [3.63, 3.8) is 0 Å². The molecule has 0 aromatic carbocycles. The van der Waals surface area contributed by atoms with Gasteiger partial charge in [-0.1, -0.05) is 0 Å². The first kappa shape index (κ1) is 13.8. The molecule has 3 rings (SSSR count). The van der Waals surface area contributed by atoms with E-state index >= 15 is 0 Å². The smallest absolute Gasteiger partial charge is 0.0611 e. The second-order valence-corrected chi connectivity index (χ2v) is 7.56. The van der Waals surface area contributed by atoms with Crippen LogP contribution in [0.5, 0.6) is 0 Å². The van der Waals surface area contributed by atoms with E-state index < -0.39 is 0 Å². The summed E-state index contributed by atoms with van der Waals surface area (Å²) in [6.45, 7) is 6.12. The number of hydrogen-bond donors (Lipinski definition) is 2. The monoisotopic (exact) mass is 266 g/mol. The highest BCUT2D eigenvalue weighted by Crippen LogP contribution is 2.37. The lowest BCUT2D eigenvalue weighted by Gasteiger charge is -2.37. The third kappa shape index (κ3) is 3.93. The average molecular weight is 266 g/mol. The summed E-state index contributed by atoms with van der Waals surface area (Å²) in [6, 6.07) is 2.11. The minimum Gasteiger partial charge on any atom is -0.394 e. The molecule has 3 aliphatic rings. The van der Waals surface area contributed by atoms with E-state index in [1.165, 1.54) is 45.1 Å². The Morgan fingerprint density at radius 2 is 1.89 bits per heavy atom. The molecule has 3 nitrogen and oxygen atoms in total. The molecule has 2 unspecified atom stereocenters. The zero-order chi connectivity index (χ0) is 13.5. The van der Waals surface area contributed by atoms with Crippen LogP contribution < -0.4 is 5.32 Å². The van der Waals surface area contributed by atoms with Crippen LogP contribution in [0.4, 0.5) is 0 Å². The second-order valence-electron chi connectivity index (χ2n) is 7.56. The van der Waals surface area contributed by atoms with Crippen molar-refractivity contribution in [3.8, 4) is 0 Å². The lowest BCUT2D eigenvalue weighted by Crippen LogP contribution is -2.52. The summed E-state index contributed by atoms with van der Waals surface area (Å²) in [7, 11) is 0. The molecule has 3 saturated carbocycles. The van der Waals surface area contributed by atoms with Crippen LogP contribution in [-0.2, 0) is 0 Å². The van der Waals surface area contributed by atoms with Gasteiger partial charge in [-0.05, 0) is 64.7 Å². The van der Waals surface area contributed by atoms with E-state index in [1.807, 2.05) is 0 Å². The van der Waals surface area contributed by atoms with Crippen molar-refractivity contribution in [3.05, 3.63) is 0 Å². The van der Waals surface area contributed by atoms with Gasteiger partial charge in [0.15, 0.2) is 0 Å². The predicted octanol–water partition coefficient (Wildman–Crippen LogP) is 2.14. The molecule has 0 aromatic heterocycles. The van der Waals surface area contributed by atoms with Gasteiger partial charge in [0.25, 0.3) is 0 Å². The van der Waals surface area contributed by atoms with Gasteiger partial charge in [0, 0.05) is 30.2 Å². The SMILES string of the molecule is CC(CC(C)(CO)NC1CC1)N(CC1CC1)C1CC1. The Hall–Kier alpha value is -0.120. The minimum atomic E-state index is -0.0860. The predicted molar refractivity (Wildman–Crippen MR) is 78.2 cm³/mol. The molecule has 0 amide bonds. The van der Waals surface area contributed by atoms with Crippen LogP contribution >= 0.6 is 0 Å². The van der Waals surface area contributed by atoms with E-state index in [0.717, 1.165) is 18.4 Å². The van der Waals surface area contributed by atoms with Gasteiger partial charge in [-0.3, -0.25) is 4.90 Å². The van der Waals surface area contributed by atoms with Gasteiger partial charge in [0.1, 0.15) is 0 Å². The van der Waals surface area contributed by atoms with Gasteiger partial charge in [0.05, 0.1) is 6.61 Å². The summed E-state index contributed by atoms with van der Waals surface area (Å²) < 4.78 is 0. The van der Waals surface area contributed by atoms with Gasteiger partial charge >= 0.3 is 0 Å². The zero-order valence-corrected chi connectivity index (χ0v) is 12.6. The Morgan fingerprint density at radius 3 is 2.37 bits per heavy atom. The number of rotatable bonds is 9. The standard InChI is InChI=1S/C16H30N2O/c1-12(9-16(2,11-19)17-14-5-6-14)18(15-7-8-15)10-13-3-4-13/h12-15,17,19H,3-11H2,1-2H3. The van der Waals surface area contributed by atoms with Crippen molar-refractivity contribution < 1.29 is 5.11 Å². The molecule has 0 aromatic rings. The lowest BCUT2D eigenvalue weighted by molar-refractivity contribution is 0.106. The molecular weight excluding hydrogens is 236 g/mol. The Kier molecular flexibility index (Phi) is 3.89. The molecule has 0 heterocycles. The molecule has 0 spiro atoms. The fourth-order valence-electron chi connectivity index (χ4n) is 3.35. The summed E-state index contributed by atoms with van der Waals surface area (Å²) in [5.74, 6) is 0.972. The third-order valence-electron chi connectivity index (χ3n) is 4.97. The molecule has 2 N–H and O–H groups in total. The minimum absolute atomic E-state index is 0.0860. The van der Waals surface area contributed by atoms with Crippen molar-refractivity contribution in [1.29, 1.82) is 0 Å². The number of nitrogens with one attached hydrogen (secondary N) is 1. The van der Waals surface area contributed by atoms with Gasteiger partial charge in [-0.2, -0.15) is 0 Å². The molecule has 110 valence electrons. The molecule has 0 aliphatic heterocycles. The Labute approximate surface area is 117 Å². The maximum Gasteiger partial charge on any atom is 0.0611 e. The highest BCUT2D eigenvalue weighted by Gasteiger charge is 2.39. The average Bonchev–Trinajstić information content (AvgIpc) is 3.22. The van der Waals surface area contributed by atoms with Crippen LogP contribution in [0.2, 0.25) is 0 Å². The molecule has 3 aliphatic carbocycles. The first-order valence-corrected chi connectivity index (χ1v) is 8.24. The molecule has 19 heavy (non-hydrogen) atoms. The second kappa shape index (κ2) is 5.34. The van der Waals surface area contributed by atoms with Crippen LogP contribution in [0.15, 0.2) is 0 Å². The largest absolute Gasteiger partial charge is 0.394 e. The van der Waals surface area contributed by atoms with E-state index in [9.17, 15) is 5.11 Å². The molecule has 0 saturated heterocycles. The van der Waals surface area contributed by atoms with Crippen molar-refractivity contribution in [2.75, 3.05) is 13.2 Å².